The van der Waals surface area contributed by atoms with Crippen LogP contribution in [-0.4, -0.2) is 45.0 Å². The monoisotopic (exact) mass is 357 g/mol. The second kappa shape index (κ2) is 6.09. The zero-order valence-corrected chi connectivity index (χ0v) is 15.3. The summed E-state index contributed by atoms with van der Waals surface area (Å²) in [7, 11) is 0. The van der Waals surface area contributed by atoms with Crippen molar-refractivity contribution < 1.29 is 9.18 Å². The fourth-order valence-electron chi connectivity index (χ4n) is 4.11. The molecule has 2 N–H and O–H groups in total. The number of halogens is 1. The van der Waals surface area contributed by atoms with Crippen LogP contribution in [0.1, 0.15) is 39.2 Å². The van der Waals surface area contributed by atoms with E-state index in [0.29, 0.717) is 29.2 Å². The number of imidazole rings is 1. The number of hydrogen-bond donors (Lipinski definition) is 2. The van der Waals surface area contributed by atoms with Gasteiger partial charge in [0, 0.05) is 17.0 Å². The number of hydrogen-bond acceptors (Lipinski definition) is 3. The van der Waals surface area contributed by atoms with E-state index in [9.17, 15) is 9.18 Å². The maximum absolute atomic E-state index is 13.9. The van der Waals surface area contributed by atoms with Gasteiger partial charge in [-0.25, -0.2) is 8.91 Å². The minimum absolute atomic E-state index is 0.0187. The molecule has 0 atom stereocenters. The Hall–Kier alpha value is -2.41. The molecular formula is C19H24FN5O. The number of anilines is 1. The predicted octanol–water partition coefficient (Wildman–Crippen LogP) is 3.28. The first-order valence-electron chi connectivity index (χ1n) is 9.06. The molecule has 1 aliphatic rings. The molecule has 2 aromatic heterocycles. The van der Waals surface area contributed by atoms with Crippen LogP contribution in [0.25, 0.3) is 16.7 Å². The molecule has 0 unspecified atom stereocenters. The number of aromatic nitrogens is 3. The van der Waals surface area contributed by atoms with Gasteiger partial charge in [-0.15, -0.1) is 0 Å². The molecule has 1 amide bonds. The highest BCUT2D eigenvalue weighted by atomic mass is 19.1. The molecule has 1 fully saturated rings. The van der Waals surface area contributed by atoms with Crippen LogP contribution in [0.2, 0.25) is 0 Å². The van der Waals surface area contributed by atoms with Crippen molar-refractivity contribution in [2.45, 2.75) is 45.1 Å². The van der Waals surface area contributed by atoms with E-state index in [0.717, 1.165) is 37.1 Å². The van der Waals surface area contributed by atoms with Crippen molar-refractivity contribution >= 4 is 28.8 Å². The van der Waals surface area contributed by atoms with Gasteiger partial charge < -0.3 is 15.2 Å². The highest BCUT2D eigenvalue weighted by molar-refractivity contribution is 5.95. The van der Waals surface area contributed by atoms with Crippen LogP contribution < -0.4 is 5.32 Å². The second-order valence-electron chi connectivity index (χ2n) is 7.75. The SMILES string of the molecule is CC(C)N1CCC(C)(c2cnn3c2[nH]c2cc(F)cc(NC=O)c23)CC1. The summed E-state index contributed by atoms with van der Waals surface area (Å²) in [5.41, 5.74) is 3.76. The quantitative estimate of drug-likeness (QED) is 0.704. The average molecular weight is 357 g/mol. The van der Waals surface area contributed by atoms with Crippen LogP contribution in [-0.2, 0) is 10.2 Å². The Morgan fingerprint density at radius 2 is 2.08 bits per heavy atom. The van der Waals surface area contributed by atoms with E-state index in [2.05, 4.69) is 41.1 Å². The highest BCUT2D eigenvalue weighted by Gasteiger charge is 2.35. The number of likely N-dealkylation sites (tertiary alicyclic amines) is 1. The molecule has 0 saturated carbocycles. The van der Waals surface area contributed by atoms with Crippen molar-refractivity contribution in [1.29, 1.82) is 0 Å². The standard InChI is InChI=1S/C19H24FN5O/c1-12(2)24-6-4-19(3,5-7-24)14-10-22-25-17-15(21-11-26)8-13(20)9-16(17)23-18(14)25/h8-12,23H,4-7H2,1-3H3,(H,21,26). The Balaban J connectivity index is 1.80. The zero-order chi connectivity index (χ0) is 18.5. The molecule has 3 heterocycles. The summed E-state index contributed by atoms with van der Waals surface area (Å²) in [6.45, 7) is 8.85. The van der Waals surface area contributed by atoms with Crippen LogP contribution in [0.5, 0.6) is 0 Å². The Kier molecular flexibility index (Phi) is 3.99. The lowest BCUT2D eigenvalue weighted by atomic mass is 9.75. The highest BCUT2D eigenvalue weighted by Crippen LogP contribution is 2.39. The topological polar surface area (TPSA) is 65.4 Å². The number of nitrogens with zero attached hydrogens (tertiary/aromatic N) is 3. The Bertz CT molecular complexity index is 965. The van der Waals surface area contributed by atoms with Crippen LogP contribution in [0, 0.1) is 5.82 Å². The lowest BCUT2D eigenvalue weighted by molar-refractivity contribution is -0.105. The lowest BCUT2D eigenvalue weighted by Gasteiger charge is -2.40. The molecule has 1 aromatic carbocycles. The molecular weight excluding hydrogens is 333 g/mol. The maximum Gasteiger partial charge on any atom is 0.211 e. The third-order valence-corrected chi connectivity index (χ3v) is 5.81. The normalized spacial score (nSPS) is 18.0. The smallest absolute Gasteiger partial charge is 0.211 e. The number of benzene rings is 1. The molecule has 7 heteroatoms. The molecule has 138 valence electrons. The van der Waals surface area contributed by atoms with Crippen molar-refractivity contribution in [2.75, 3.05) is 18.4 Å². The summed E-state index contributed by atoms with van der Waals surface area (Å²) < 4.78 is 15.7. The molecule has 1 saturated heterocycles. The number of carbonyl (C=O) groups excluding carboxylic acids is 1. The number of nitrogens with one attached hydrogen (secondary N) is 2. The van der Waals surface area contributed by atoms with E-state index in [-0.39, 0.29) is 5.41 Å². The van der Waals surface area contributed by atoms with Gasteiger partial charge in [0.05, 0.1) is 17.4 Å². The predicted molar refractivity (Wildman–Crippen MR) is 100.0 cm³/mol. The van der Waals surface area contributed by atoms with E-state index in [4.69, 9.17) is 0 Å². The average Bonchev–Trinajstić information content (AvgIpc) is 3.14. The summed E-state index contributed by atoms with van der Waals surface area (Å²) in [5.74, 6) is -0.399. The van der Waals surface area contributed by atoms with Crippen LogP contribution >= 0.6 is 0 Å². The lowest BCUT2D eigenvalue weighted by Crippen LogP contribution is -2.43. The molecule has 3 aromatic rings. The van der Waals surface area contributed by atoms with Crippen molar-refractivity contribution in [2.24, 2.45) is 0 Å². The Morgan fingerprint density at radius 3 is 2.73 bits per heavy atom. The van der Waals surface area contributed by atoms with Gasteiger partial charge in [0.25, 0.3) is 0 Å². The number of fused-ring (bicyclic) bond motifs is 3. The fourth-order valence-corrected chi connectivity index (χ4v) is 4.11. The molecule has 0 bridgehead atoms. The first kappa shape index (κ1) is 17.0. The van der Waals surface area contributed by atoms with Gasteiger partial charge in [-0.05, 0) is 51.9 Å². The van der Waals surface area contributed by atoms with Crippen molar-refractivity contribution in [3.8, 4) is 0 Å². The fraction of sp³-hybridized carbons (Fsp3) is 0.474. The number of piperidine rings is 1. The minimum atomic E-state index is -0.399. The molecule has 1 aliphatic heterocycles. The van der Waals surface area contributed by atoms with Gasteiger partial charge in [0.1, 0.15) is 17.0 Å². The minimum Gasteiger partial charge on any atom is -0.338 e. The van der Waals surface area contributed by atoms with Gasteiger partial charge in [-0.2, -0.15) is 5.10 Å². The summed E-state index contributed by atoms with van der Waals surface area (Å²) in [5, 5.41) is 7.13. The van der Waals surface area contributed by atoms with Gasteiger partial charge in [-0.3, -0.25) is 4.79 Å². The van der Waals surface area contributed by atoms with Crippen molar-refractivity contribution in [3.05, 3.63) is 29.7 Å². The van der Waals surface area contributed by atoms with Gasteiger partial charge >= 0.3 is 0 Å². The van der Waals surface area contributed by atoms with Crippen molar-refractivity contribution in [1.82, 2.24) is 19.5 Å². The summed E-state index contributed by atoms with van der Waals surface area (Å²) in [6, 6.07) is 3.31. The molecule has 4 rings (SSSR count). The molecule has 6 nitrogen and oxygen atoms in total. The third-order valence-electron chi connectivity index (χ3n) is 5.81. The van der Waals surface area contributed by atoms with E-state index < -0.39 is 5.82 Å². The largest absolute Gasteiger partial charge is 0.338 e. The maximum atomic E-state index is 13.9. The molecule has 0 aliphatic carbocycles. The Morgan fingerprint density at radius 1 is 1.35 bits per heavy atom. The zero-order valence-electron chi connectivity index (χ0n) is 15.3. The Labute approximate surface area is 151 Å². The van der Waals surface area contributed by atoms with E-state index in [1.165, 1.54) is 12.1 Å². The summed E-state index contributed by atoms with van der Waals surface area (Å²) >= 11 is 0. The van der Waals surface area contributed by atoms with Gasteiger partial charge in [-0.1, -0.05) is 6.92 Å². The van der Waals surface area contributed by atoms with Crippen molar-refractivity contribution in [3.63, 3.8) is 0 Å². The van der Waals surface area contributed by atoms with Gasteiger partial charge in [0.2, 0.25) is 6.41 Å². The summed E-state index contributed by atoms with van der Waals surface area (Å²) in [4.78, 5) is 16.7. The third kappa shape index (κ3) is 2.58. The number of amides is 1. The van der Waals surface area contributed by atoms with Crippen LogP contribution in [0.3, 0.4) is 0 Å². The first-order chi connectivity index (χ1) is 12.4. The number of carbonyl (C=O) groups is 1. The second-order valence-corrected chi connectivity index (χ2v) is 7.75. The number of aromatic amines is 1. The number of H-pyrrole nitrogens is 1. The van der Waals surface area contributed by atoms with E-state index in [1.807, 2.05) is 6.20 Å². The van der Waals surface area contributed by atoms with Crippen LogP contribution in [0.4, 0.5) is 10.1 Å². The number of rotatable bonds is 4. The van der Waals surface area contributed by atoms with E-state index >= 15 is 0 Å². The molecule has 0 radical (unpaired) electrons. The molecule has 26 heavy (non-hydrogen) atoms. The molecule has 0 spiro atoms. The first-order valence-corrected chi connectivity index (χ1v) is 9.06. The van der Waals surface area contributed by atoms with E-state index in [1.54, 1.807) is 4.52 Å². The van der Waals surface area contributed by atoms with Crippen LogP contribution in [0.15, 0.2) is 18.3 Å². The summed E-state index contributed by atoms with van der Waals surface area (Å²) in [6.07, 6.45) is 4.57. The van der Waals surface area contributed by atoms with Gasteiger partial charge in [0.15, 0.2) is 0 Å².